The zero-order chi connectivity index (χ0) is 15.4. The molecule has 1 saturated heterocycles. The van der Waals surface area contributed by atoms with Crippen molar-refractivity contribution >= 4 is 27.8 Å². The summed E-state index contributed by atoms with van der Waals surface area (Å²) in [5.41, 5.74) is 0. The minimum atomic E-state index is -0.953. The Morgan fingerprint density at radius 2 is 2.05 bits per heavy atom. The van der Waals surface area contributed by atoms with Gasteiger partial charge in [-0.15, -0.1) is 0 Å². The van der Waals surface area contributed by atoms with Crippen molar-refractivity contribution in [2.24, 2.45) is 5.92 Å². The van der Waals surface area contributed by atoms with E-state index in [1.807, 2.05) is 12.1 Å². The number of carbonyl (C=O) groups is 2. The van der Waals surface area contributed by atoms with Crippen LogP contribution in [0.2, 0.25) is 0 Å². The molecular formula is C14H16BrNO5. The van der Waals surface area contributed by atoms with Crippen LogP contribution >= 0.6 is 15.9 Å². The summed E-state index contributed by atoms with van der Waals surface area (Å²) in [6.45, 7) is 0.226. The number of carbonyl (C=O) groups excluding carboxylic acids is 1. The summed E-state index contributed by atoms with van der Waals surface area (Å²) < 4.78 is 11.5. The molecule has 0 bridgehead atoms. The van der Waals surface area contributed by atoms with Gasteiger partial charge in [0.25, 0.3) is 5.91 Å². The molecule has 0 radical (unpaired) electrons. The summed E-state index contributed by atoms with van der Waals surface area (Å²) in [7, 11) is 1.57. The van der Waals surface area contributed by atoms with Gasteiger partial charge in [0.05, 0.1) is 19.3 Å². The third-order valence-electron chi connectivity index (χ3n) is 3.43. The van der Waals surface area contributed by atoms with Crippen LogP contribution in [0.5, 0.6) is 5.75 Å². The number of ether oxygens (including phenoxy) is 2. The van der Waals surface area contributed by atoms with Gasteiger partial charge in [0, 0.05) is 11.5 Å². The van der Waals surface area contributed by atoms with Crippen LogP contribution in [0, 0.1) is 5.92 Å². The van der Waals surface area contributed by atoms with Crippen molar-refractivity contribution in [1.82, 2.24) is 4.90 Å². The molecule has 1 fully saturated rings. The van der Waals surface area contributed by atoms with Gasteiger partial charge >= 0.3 is 5.97 Å². The van der Waals surface area contributed by atoms with Crippen LogP contribution < -0.4 is 4.74 Å². The number of benzene rings is 1. The molecule has 1 heterocycles. The first-order valence-electron chi connectivity index (χ1n) is 6.43. The molecule has 1 aliphatic heterocycles. The van der Waals surface area contributed by atoms with E-state index in [0.29, 0.717) is 5.75 Å². The highest BCUT2D eigenvalue weighted by Gasteiger charge is 2.38. The van der Waals surface area contributed by atoms with Crippen molar-refractivity contribution < 1.29 is 24.2 Å². The minimum absolute atomic E-state index is 0.130. The maximum Gasteiger partial charge on any atom is 0.311 e. The van der Waals surface area contributed by atoms with Gasteiger partial charge in [0.1, 0.15) is 11.7 Å². The van der Waals surface area contributed by atoms with Crippen LogP contribution in [-0.2, 0) is 14.3 Å². The van der Waals surface area contributed by atoms with Crippen molar-refractivity contribution in [3.05, 3.63) is 28.7 Å². The first-order valence-corrected chi connectivity index (χ1v) is 7.23. The van der Waals surface area contributed by atoms with E-state index in [1.165, 1.54) is 4.90 Å². The van der Waals surface area contributed by atoms with E-state index in [-0.39, 0.29) is 25.7 Å². The smallest absolute Gasteiger partial charge is 0.311 e. The Hall–Kier alpha value is -1.60. The van der Waals surface area contributed by atoms with Crippen molar-refractivity contribution in [3.8, 4) is 5.75 Å². The third kappa shape index (κ3) is 3.95. The van der Waals surface area contributed by atoms with Gasteiger partial charge in [-0.1, -0.05) is 15.9 Å². The number of carboxylic acid groups (broad SMARTS) is 1. The molecule has 0 saturated carbocycles. The molecular weight excluding hydrogens is 342 g/mol. The van der Waals surface area contributed by atoms with Crippen molar-refractivity contribution in [1.29, 1.82) is 0 Å². The standard InChI is InChI=1S/C14H16BrNO5/c1-16(12-7-20-6-11(12)14(18)19)13(17)8-21-10-4-2-9(15)3-5-10/h2-5,11-12H,6-8H2,1H3,(H,18,19). The second kappa shape index (κ2) is 6.91. The van der Waals surface area contributed by atoms with E-state index in [9.17, 15) is 9.59 Å². The average Bonchev–Trinajstić information content (AvgIpc) is 2.95. The number of likely N-dealkylation sites (N-methyl/N-ethyl adjacent to an activating group) is 1. The Morgan fingerprint density at radius 1 is 1.38 bits per heavy atom. The van der Waals surface area contributed by atoms with E-state index < -0.39 is 17.9 Å². The van der Waals surface area contributed by atoms with Crippen molar-refractivity contribution in [2.45, 2.75) is 6.04 Å². The van der Waals surface area contributed by atoms with E-state index in [2.05, 4.69) is 15.9 Å². The van der Waals surface area contributed by atoms with E-state index in [0.717, 1.165) is 4.47 Å². The normalized spacial score (nSPS) is 21.0. The topological polar surface area (TPSA) is 76.1 Å². The Bertz CT molecular complexity index is 519. The number of hydrogen-bond donors (Lipinski definition) is 1. The number of aliphatic carboxylic acids is 1. The van der Waals surface area contributed by atoms with Gasteiger partial charge < -0.3 is 19.5 Å². The highest BCUT2D eigenvalue weighted by Crippen LogP contribution is 2.20. The molecule has 0 aliphatic carbocycles. The van der Waals surface area contributed by atoms with Crippen LogP contribution in [0.1, 0.15) is 0 Å². The molecule has 1 aromatic carbocycles. The van der Waals surface area contributed by atoms with Gasteiger partial charge in [-0.3, -0.25) is 9.59 Å². The number of amides is 1. The van der Waals surface area contributed by atoms with Gasteiger partial charge in [-0.2, -0.15) is 0 Å². The second-order valence-corrected chi connectivity index (χ2v) is 5.71. The van der Waals surface area contributed by atoms with Gasteiger partial charge in [-0.05, 0) is 24.3 Å². The van der Waals surface area contributed by atoms with Crippen molar-refractivity contribution in [2.75, 3.05) is 26.9 Å². The lowest BCUT2D eigenvalue weighted by molar-refractivity contribution is -0.144. The molecule has 1 amide bonds. The second-order valence-electron chi connectivity index (χ2n) is 4.80. The van der Waals surface area contributed by atoms with Crippen LogP contribution in [0.15, 0.2) is 28.7 Å². The van der Waals surface area contributed by atoms with Gasteiger partial charge in [0.2, 0.25) is 0 Å². The summed E-state index contributed by atoms with van der Waals surface area (Å²) in [6.07, 6.45) is 0. The lowest BCUT2D eigenvalue weighted by atomic mass is 10.0. The summed E-state index contributed by atoms with van der Waals surface area (Å²) in [4.78, 5) is 24.6. The van der Waals surface area contributed by atoms with Crippen LogP contribution in [-0.4, -0.2) is 54.8 Å². The summed E-state index contributed by atoms with van der Waals surface area (Å²) in [6, 6.07) is 6.67. The predicted octanol–water partition coefficient (Wildman–Crippen LogP) is 1.39. The zero-order valence-electron chi connectivity index (χ0n) is 11.5. The molecule has 21 heavy (non-hydrogen) atoms. The summed E-state index contributed by atoms with van der Waals surface area (Å²) >= 11 is 3.31. The highest BCUT2D eigenvalue weighted by molar-refractivity contribution is 9.10. The molecule has 114 valence electrons. The largest absolute Gasteiger partial charge is 0.484 e. The Kier molecular flexibility index (Phi) is 5.19. The van der Waals surface area contributed by atoms with E-state index in [1.54, 1.807) is 19.2 Å². The van der Waals surface area contributed by atoms with Gasteiger partial charge in [0.15, 0.2) is 6.61 Å². The fraction of sp³-hybridized carbons (Fsp3) is 0.429. The minimum Gasteiger partial charge on any atom is -0.484 e. The average molecular weight is 358 g/mol. The monoisotopic (exact) mass is 357 g/mol. The number of rotatable bonds is 5. The highest BCUT2D eigenvalue weighted by atomic mass is 79.9. The van der Waals surface area contributed by atoms with Gasteiger partial charge in [-0.25, -0.2) is 0 Å². The molecule has 1 N–H and O–H groups in total. The molecule has 2 atom stereocenters. The molecule has 1 aromatic rings. The fourth-order valence-corrected chi connectivity index (χ4v) is 2.39. The number of carboxylic acids is 1. The Balaban J connectivity index is 1.90. The SMILES string of the molecule is CN(C(=O)COc1ccc(Br)cc1)C1COCC1C(=O)O. The zero-order valence-corrected chi connectivity index (χ0v) is 13.1. The summed E-state index contributed by atoms with van der Waals surface area (Å²) in [5.74, 6) is -1.34. The maximum absolute atomic E-state index is 12.1. The van der Waals surface area contributed by atoms with E-state index >= 15 is 0 Å². The number of nitrogens with zero attached hydrogens (tertiary/aromatic N) is 1. The molecule has 7 heteroatoms. The molecule has 0 aromatic heterocycles. The maximum atomic E-state index is 12.1. The first kappa shape index (κ1) is 15.8. The number of hydrogen-bond acceptors (Lipinski definition) is 4. The number of halogens is 1. The molecule has 2 rings (SSSR count). The molecule has 1 aliphatic rings. The van der Waals surface area contributed by atoms with E-state index in [4.69, 9.17) is 14.6 Å². The fourth-order valence-electron chi connectivity index (χ4n) is 2.12. The lowest BCUT2D eigenvalue weighted by Crippen LogP contribution is -2.45. The first-order chi connectivity index (χ1) is 9.99. The van der Waals surface area contributed by atoms with Crippen LogP contribution in [0.4, 0.5) is 0 Å². The van der Waals surface area contributed by atoms with Crippen LogP contribution in [0.3, 0.4) is 0 Å². The van der Waals surface area contributed by atoms with Crippen LogP contribution in [0.25, 0.3) is 0 Å². The lowest BCUT2D eigenvalue weighted by Gasteiger charge is -2.26. The Labute approximate surface area is 130 Å². The third-order valence-corrected chi connectivity index (χ3v) is 3.96. The molecule has 2 unspecified atom stereocenters. The quantitative estimate of drug-likeness (QED) is 0.861. The predicted molar refractivity (Wildman–Crippen MR) is 78.1 cm³/mol. The summed E-state index contributed by atoms with van der Waals surface area (Å²) in [5, 5.41) is 9.09. The molecule has 6 nitrogen and oxygen atoms in total. The van der Waals surface area contributed by atoms with Crippen molar-refractivity contribution in [3.63, 3.8) is 0 Å². The Morgan fingerprint density at radius 3 is 2.67 bits per heavy atom. The molecule has 0 spiro atoms.